The van der Waals surface area contributed by atoms with Gasteiger partial charge < -0.3 is 3.90 Å². The minimum atomic E-state index is -0.366. The van der Waals surface area contributed by atoms with E-state index in [0.717, 1.165) is 0 Å². The first-order valence-corrected chi connectivity index (χ1v) is 9.82. The standard InChI is InChI=1S/C4H17NSi3/c1-7(2)5(6)8(3)4/h7-8H,1-4,6H3. The lowest BCUT2D eigenvalue weighted by Gasteiger charge is -2.23. The third-order valence-corrected chi connectivity index (χ3v) is 14.7. The molecule has 0 bridgehead atoms. The predicted octanol–water partition coefficient (Wildman–Crippen LogP) is -0.464. The molecule has 8 heavy (non-hydrogen) atoms. The van der Waals surface area contributed by atoms with Crippen molar-refractivity contribution in [3.8, 4) is 0 Å². The summed E-state index contributed by atoms with van der Waals surface area (Å²) in [6.45, 7) is 9.67. The molecule has 4 heteroatoms. The Labute approximate surface area is 59.0 Å². The van der Waals surface area contributed by atoms with Crippen molar-refractivity contribution in [2.45, 2.75) is 26.2 Å². The van der Waals surface area contributed by atoms with E-state index in [1.807, 2.05) is 0 Å². The Balaban J connectivity index is 3.46. The van der Waals surface area contributed by atoms with E-state index in [1.54, 1.807) is 0 Å². The topological polar surface area (TPSA) is 3.24 Å². The van der Waals surface area contributed by atoms with Crippen LogP contribution in [-0.4, -0.2) is 32.2 Å². The Morgan fingerprint density at radius 3 is 1.25 bits per heavy atom. The van der Waals surface area contributed by atoms with E-state index in [1.165, 1.54) is 10.4 Å². The first-order chi connectivity index (χ1) is 3.55. The first-order valence-electron chi connectivity index (χ1n) is 3.27. The smallest absolute Gasteiger partial charge is 0.0909 e. The molecule has 0 aromatic heterocycles. The van der Waals surface area contributed by atoms with Gasteiger partial charge in [0.2, 0.25) is 0 Å². The monoisotopic (exact) mass is 163 g/mol. The number of hydrogen-bond donors (Lipinski definition) is 0. The van der Waals surface area contributed by atoms with E-state index in [9.17, 15) is 0 Å². The maximum absolute atomic E-state index is 2.75. The molecule has 0 radical (unpaired) electrons. The largest absolute Gasteiger partial charge is 0.381 e. The summed E-state index contributed by atoms with van der Waals surface area (Å²) in [5, 5.41) is 0. The molecule has 0 saturated heterocycles. The summed E-state index contributed by atoms with van der Waals surface area (Å²) in [6.07, 6.45) is 0. The molecule has 50 valence electrons. The molecule has 0 aromatic rings. The van der Waals surface area contributed by atoms with Crippen LogP contribution >= 0.6 is 0 Å². The van der Waals surface area contributed by atoms with Gasteiger partial charge in [0.15, 0.2) is 0 Å². The van der Waals surface area contributed by atoms with Gasteiger partial charge in [0.05, 0.1) is 28.3 Å². The Hall–Kier alpha value is 0.611. The summed E-state index contributed by atoms with van der Waals surface area (Å²) in [6, 6.07) is 0. The van der Waals surface area contributed by atoms with Gasteiger partial charge in [-0.2, -0.15) is 0 Å². The van der Waals surface area contributed by atoms with Gasteiger partial charge in [-0.05, 0) is 0 Å². The molecular formula is C4H17NSi3. The number of nitrogens with zero attached hydrogens (tertiary/aromatic N) is 1. The van der Waals surface area contributed by atoms with Crippen molar-refractivity contribution in [3.63, 3.8) is 0 Å². The van der Waals surface area contributed by atoms with E-state index in [-0.39, 0.29) is 17.9 Å². The molecule has 0 spiro atoms. The number of rotatable bonds is 2. The third kappa shape index (κ3) is 2.81. The van der Waals surface area contributed by atoms with Gasteiger partial charge in [0, 0.05) is 0 Å². The minimum Gasteiger partial charge on any atom is -0.381 e. The minimum absolute atomic E-state index is 0.366. The van der Waals surface area contributed by atoms with Crippen LogP contribution in [0.25, 0.3) is 0 Å². The fourth-order valence-electron chi connectivity index (χ4n) is 0.596. The van der Waals surface area contributed by atoms with Crippen molar-refractivity contribution in [3.05, 3.63) is 0 Å². The Bertz CT molecular complexity index is 56.3. The molecule has 0 fully saturated rings. The van der Waals surface area contributed by atoms with Gasteiger partial charge in [-0.15, -0.1) is 0 Å². The third-order valence-electron chi connectivity index (χ3n) is 1.63. The average Bonchev–Trinajstić information content (AvgIpc) is 1.64. The average molecular weight is 163 g/mol. The quantitative estimate of drug-likeness (QED) is 0.498. The van der Waals surface area contributed by atoms with Gasteiger partial charge in [0.25, 0.3) is 0 Å². The van der Waals surface area contributed by atoms with Crippen molar-refractivity contribution in [2.75, 3.05) is 0 Å². The van der Waals surface area contributed by atoms with Crippen LogP contribution in [0.5, 0.6) is 0 Å². The van der Waals surface area contributed by atoms with Crippen LogP contribution in [-0.2, 0) is 0 Å². The zero-order valence-corrected chi connectivity index (χ0v) is 10.9. The zero-order chi connectivity index (χ0) is 6.73. The zero-order valence-electron chi connectivity index (χ0n) is 6.60. The molecule has 0 atom stereocenters. The van der Waals surface area contributed by atoms with Gasteiger partial charge in [-0.1, -0.05) is 26.2 Å². The SMILES string of the molecule is C[SiH](C)N([SiH3])[SiH](C)C. The molecule has 1 nitrogen and oxygen atoms in total. The highest BCUT2D eigenvalue weighted by Gasteiger charge is 2.07. The lowest BCUT2D eigenvalue weighted by molar-refractivity contribution is 1.05. The van der Waals surface area contributed by atoms with Crippen molar-refractivity contribution in [2.24, 2.45) is 0 Å². The summed E-state index contributed by atoms with van der Waals surface area (Å²) in [5.74, 6) is 0. The lowest BCUT2D eigenvalue weighted by atomic mass is 11.9. The predicted molar refractivity (Wildman–Crippen MR) is 49.5 cm³/mol. The van der Waals surface area contributed by atoms with Gasteiger partial charge in [-0.3, -0.25) is 0 Å². The van der Waals surface area contributed by atoms with Crippen LogP contribution in [0.15, 0.2) is 0 Å². The Kier molecular flexibility index (Phi) is 3.88. The Morgan fingerprint density at radius 1 is 1.00 bits per heavy atom. The second-order valence-electron chi connectivity index (χ2n) is 2.85. The Morgan fingerprint density at radius 2 is 1.25 bits per heavy atom. The summed E-state index contributed by atoms with van der Waals surface area (Å²) in [7, 11) is 0.583. The van der Waals surface area contributed by atoms with Crippen LogP contribution in [0, 0.1) is 0 Å². The van der Waals surface area contributed by atoms with E-state index < -0.39 is 0 Å². The highest BCUT2D eigenvalue weighted by molar-refractivity contribution is 6.76. The molecule has 0 unspecified atom stereocenters. The van der Waals surface area contributed by atoms with Crippen LogP contribution in [0.1, 0.15) is 0 Å². The van der Waals surface area contributed by atoms with Crippen LogP contribution < -0.4 is 0 Å². The molecule has 0 aliphatic carbocycles. The van der Waals surface area contributed by atoms with Gasteiger partial charge >= 0.3 is 0 Å². The lowest BCUT2D eigenvalue weighted by Crippen LogP contribution is -2.40. The summed E-state index contributed by atoms with van der Waals surface area (Å²) < 4.78 is 2.75. The molecule has 0 aliphatic heterocycles. The van der Waals surface area contributed by atoms with Crippen molar-refractivity contribution >= 4 is 28.3 Å². The van der Waals surface area contributed by atoms with Crippen LogP contribution in [0.3, 0.4) is 0 Å². The van der Waals surface area contributed by atoms with E-state index >= 15 is 0 Å². The molecule has 0 rings (SSSR count). The van der Waals surface area contributed by atoms with Crippen molar-refractivity contribution < 1.29 is 0 Å². The normalized spacial score (nSPS) is 12.4. The van der Waals surface area contributed by atoms with Crippen LogP contribution in [0.2, 0.25) is 26.2 Å². The van der Waals surface area contributed by atoms with Gasteiger partial charge in [-0.25, -0.2) is 0 Å². The first kappa shape index (κ1) is 8.61. The molecule has 0 N–H and O–H groups in total. The number of hydrogen-bond acceptors (Lipinski definition) is 1. The summed E-state index contributed by atoms with van der Waals surface area (Å²) in [5.41, 5.74) is 0. The molecule has 0 saturated carbocycles. The van der Waals surface area contributed by atoms with Crippen molar-refractivity contribution in [1.82, 2.24) is 3.90 Å². The van der Waals surface area contributed by atoms with Crippen molar-refractivity contribution in [1.29, 1.82) is 0 Å². The fraction of sp³-hybridized carbons (Fsp3) is 1.00. The second-order valence-corrected chi connectivity index (χ2v) is 12.6. The van der Waals surface area contributed by atoms with E-state index in [2.05, 4.69) is 30.1 Å². The van der Waals surface area contributed by atoms with Gasteiger partial charge in [0.1, 0.15) is 0 Å². The maximum Gasteiger partial charge on any atom is 0.0909 e. The van der Waals surface area contributed by atoms with Crippen LogP contribution in [0.4, 0.5) is 0 Å². The summed E-state index contributed by atoms with van der Waals surface area (Å²) >= 11 is 0. The highest BCUT2D eigenvalue weighted by atomic mass is 28.4. The molecule has 0 heterocycles. The molecular weight excluding hydrogens is 146 g/mol. The maximum atomic E-state index is 2.75. The second kappa shape index (κ2) is 3.60. The molecule has 0 aromatic carbocycles. The van der Waals surface area contributed by atoms with E-state index in [0.29, 0.717) is 0 Å². The molecule has 0 amide bonds. The summed E-state index contributed by atoms with van der Waals surface area (Å²) in [4.78, 5) is 0. The molecule has 0 aliphatic rings. The van der Waals surface area contributed by atoms with E-state index in [4.69, 9.17) is 0 Å². The highest BCUT2D eigenvalue weighted by Crippen LogP contribution is 1.92. The fourth-order valence-corrected chi connectivity index (χ4v) is 5.37.